The average molecular weight is 691 g/mol. The molecule has 5 nitrogen and oxygen atoms in total. The Bertz CT molecular complexity index is 1560. The molecule has 0 aliphatic carbocycles. The topological polar surface area (TPSA) is 61.8 Å². The van der Waals surface area contributed by atoms with E-state index in [2.05, 4.69) is 46.5 Å². The summed E-state index contributed by atoms with van der Waals surface area (Å²) in [5.74, 6) is 13.2. The molecule has 0 heterocycles. The lowest BCUT2D eigenvalue weighted by atomic mass is 9.90. The Kier molecular flexibility index (Phi) is 22.8. The van der Waals surface area contributed by atoms with Crippen LogP contribution >= 0.6 is 0 Å². The fourth-order valence-electron chi connectivity index (χ4n) is 5.65. The van der Waals surface area contributed by atoms with Crippen molar-refractivity contribution in [2.75, 3.05) is 14.2 Å². The molecule has 0 fully saturated rings. The van der Waals surface area contributed by atoms with Gasteiger partial charge in [0.25, 0.3) is 0 Å². The largest absolute Gasteiger partial charge is 0.459 e. The molecule has 0 bridgehead atoms. The number of esters is 2. The Morgan fingerprint density at radius 3 is 2.08 bits per heavy atom. The fourth-order valence-corrected chi connectivity index (χ4v) is 5.65. The summed E-state index contributed by atoms with van der Waals surface area (Å²) in [6.45, 7) is 1.72. The summed E-state index contributed by atoms with van der Waals surface area (Å²) in [7, 11) is 2.85. The van der Waals surface area contributed by atoms with Crippen molar-refractivity contribution in [2.45, 2.75) is 128 Å². The van der Waals surface area contributed by atoms with Crippen LogP contribution in [0.4, 0.5) is 0 Å². The Balaban J connectivity index is 1.46. The number of rotatable bonds is 23. The van der Waals surface area contributed by atoms with Gasteiger partial charge in [-0.25, -0.2) is 9.59 Å². The van der Waals surface area contributed by atoms with Gasteiger partial charge in [0, 0.05) is 31.4 Å². The zero-order valence-corrected chi connectivity index (χ0v) is 31.2. The highest BCUT2D eigenvalue weighted by atomic mass is 16.6. The summed E-state index contributed by atoms with van der Waals surface area (Å²) < 4.78 is 15.9. The number of unbranched alkanes of at least 4 members (excludes halogenated alkanes) is 14. The van der Waals surface area contributed by atoms with Crippen molar-refractivity contribution in [1.29, 1.82) is 0 Å². The minimum absolute atomic E-state index is 0.496. The molecular formula is C46H58O5. The van der Waals surface area contributed by atoms with Crippen molar-refractivity contribution in [3.8, 4) is 36.0 Å². The van der Waals surface area contributed by atoms with Gasteiger partial charge in [0.1, 0.15) is 0 Å². The lowest BCUT2D eigenvalue weighted by Gasteiger charge is -2.28. The van der Waals surface area contributed by atoms with Crippen molar-refractivity contribution >= 4 is 22.7 Å². The summed E-state index contributed by atoms with van der Waals surface area (Å²) in [4.78, 5) is 24.2. The molecule has 5 heteroatoms. The van der Waals surface area contributed by atoms with E-state index >= 15 is 0 Å². The van der Waals surface area contributed by atoms with E-state index in [1.807, 2.05) is 54.6 Å². The van der Waals surface area contributed by atoms with Crippen LogP contribution in [0.2, 0.25) is 0 Å². The van der Waals surface area contributed by atoms with Crippen molar-refractivity contribution in [3.63, 3.8) is 0 Å². The van der Waals surface area contributed by atoms with Crippen molar-refractivity contribution < 1.29 is 23.8 Å². The molecule has 272 valence electrons. The zero-order chi connectivity index (χ0) is 36.8. The van der Waals surface area contributed by atoms with Crippen molar-refractivity contribution in [3.05, 3.63) is 84.5 Å². The van der Waals surface area contributed by atoms with Gasteiger partial charge in [-0.3, -0.25) is 0 Å². The Morgan fingerprint density at radius 2 is 1.39 bits per heavy atom. The smallest absolute Gasteiger partial charge is 0.384 e. The molecule has 0 saturated heterocycles. The molecular weight excluding hydrogens is 633 g/mol. The van der Waals surface area contributed by atoms with E-state index < -0.39 is 23.6 Å². The summed E-state index contributed by atoms with van der Waals surface area (Å²) in [5.41, 5.74) is -0.535. The molecule has 0 spiro atoms. The standard InChI is InChI=1S/C46H58O5/c1-5-41(51-45(48)46(2,50-4)43-38-33-35-40-34-31-32-37-42(40)43)36-29-27-25-23-21-19-17-15-13-11-9-7-6-8-10-12-14-16-18-20-22-24-26-28-30-39-44(47)49-3/h1,9,11,26,28-29,31-38,41H,6-8,10,12-14,16,18-25,27H2,2-4H3/b11-9-,28-26-,36-29+. The van der Waals surface area contributed by atoms with Gasteiger partial charge in [-0.05, 0) is 74.8 Å². The average Bonchev–Trinajstić information content (AvgIpc) is 3.16. The van der Waals surface area contributed by atoms with Gasteiger partial charge in [0.05, 0.1) is 7.11 Å². The van der Waals surface area contributed by atoms with Crippen LogP contribution in [0.15, 0.2) is 78.9 Å². The number of carbonyl (C=O) groups excluding carboxylic acids is 2. The van der Waals surface area contributed by atoms with E-state index in [9.17, 15) is 9.59 Å². The lowest BCUT2D eigenvalue weighted by Crippen LogP contribution is -2.38. The molecule has 2 rings (SSSR count). The molecule has 2 aromatic rings. The van der Waals surface area contributed by atoms with Crippen LogP contribution in [-0.2, 0) is 29.4 Å². The highest BCUT2D eigenvalue weighted by Gasteiger charge is 2.39. The van der Waals surface area contributed by atoms with Crippen molar-refractivity contribution in [2.24, 2.45) is 0 Å². The normalized spacial score (nSPS) is 12.9. The maximum Gasteiger partial charge on any atom is 0.384 e. The lowest BCUT2D eigenvalue weighted by molar-refractivity contribution is -0.169. The Hall–Kier alpha value is -4.50. The van der Waals surface area contributed by atoms with Gasteiger partial charge in [-0.2, -0.15) is 0 Å². The molecule has 0 aromatic heterocycles. The van der Waals surface area contributed by atoms with Crippen LogP contribution in [0.3, 0.4) is 0 Å². The van der Waals surface area contributed by atoms with E-state index in [4.69, 9.17) is 15.9 Å². The molecule has 0 aliphatic rings. The molecule has 2 atom stereocenters. The number of hydrogen-bond acceptors (Lipinski definition) is 5. The first-order chi connectivity index (χ1) is 25.0. The molecule has 51 heavy (non-hydrogen) atoms. The number of benzene rings is 2. The molecule has 2 aromatic carbocycles. The van der Waals surface area contributed by atoms with Gasteiger partial charge in [-0.15, -0.1) is 12.3 Å². The van der Waals surface area contributed by atoms with Gasteiger partial charge in [0.2, 0.25) is 0 Å². The van der Waals surface area contributed by atoms with Crippen LogP contribution in [-0.4, -0.2) is 32.3 Å². The summed E-state index contributed by atoms with van der Waals surface area (Å²) in [6, 6.07) is 13.7. The number of allylic oxidation sites excluding steroid dienone is 5. The first-order valence-electron chi connectivity index (χ1n) is 18.7. The predicted molar refractivity (Wildman–Crippen MR) is 210 cm³/mol. The third-order valence-electron chi connectivity index (χ3n) is 8.80. The van der Waals surface area contributed by atoms with E-state index in [1.54, 1.807) is 19.1 Å². The SMILES string of the molecule is C#CC(/C=C/CCCCCC#CC/C=C\CCCCCCCCCCC/C=C\C#CC(=O)OC)OC(=O)C(C)(OC)c1cccc2ccccc12. The zero-order valence-electron chi connectivity index (χ0n) is 31.2. The number of terminal acetylenes is 1. The van der Waals surface area contributed by atoms with Gasteiger partial charge in [-0.1, -0.05) is 136 Å². The van der Waals surface area contributed by atoms with Crippen LogP contribution in [0.5, 0.6) is 0 Å². The second-order valence-electron chi connectivity index (χ2n) is 12.7. The monoisotopic (exact) mass is 690 g/mol. The minimum Gasteiger partial charge on any atom is -0.459 e. The highest BCUT2D eigenvalue weighted by Crippen LogP contribution is 2.33. The van der Waals surface area contributed by atoms with E-state index in [1.165, 1.54) is 72.0 Å². The molecule has 0 amide bonds. The van der Waals surface area contributed by atoms with Gasteiger partial charge >= 0.3 is 11.9 Å². The molecule has 0 saturated carbocycles. The third kappa shape index (κ3) is 17.8. The Morgan fingerprint density at radius 1 is 0.765 bits per heavy atom. The van der Waals surface area contributed by atoms with Crippen LogP contribution < -0.4 is 0 Å². The Labute approximate surface area is 308 Å². The highest BCUT2D eigenvalue weighted by molar-refractivity contribution is 5.92. The summed E-state index contributed by atoms with van der Waals surface area (Å²) in [6.07, 6.45) is 36.5. The van der Waals surface area contributed by atoms with Crippen molar-refractivity contribution in [1.82, 2.24) is 0 Å². The third-order valence-corrected chi connectivity index (χ3v) is 8.80. The number of ether oxygens (including phenoxy) is 3. The number of fused-ring (bicyclic) bond motifs is 1. The van der Waals surface area contributed by atoms with E-state index in [0.717, 1.165) is 67.7 Å². The number of hydrogen-bond donors (Lipinski definition) is 0. The molecule has 0 radical (unpaired) electrons. The van der Waals surface area contributed by atoms with E-state index in [-0.39, 0.29) is 0 Å². The van der Waals surface area contributed by atoms with Gasteiger partial charge < -0.3 is 14.2 Å². The molecule has 2 unspecified atom stereocenters. The fraction of sp³-hybridized carbons (Fsp3) is 0.478. The number of carbonyl (C=O) groups is 2. The first-order valence-corrected chi connectivity index (χ1v) is 18.7. The van der Waals surface area contributed by atoms with E-state index in [0.29, 0.717) is 0 Å². The first kappa shape index (κ1) is 42.7. The summed E-state index contributed by atoms with van der Waals surface area (Å²) >= 11 is 0. The second-order valence-corrected chi connectivity index (χ2v) is 12.7. The maximum atomic E-state index is 13.3. The minimum atomic E-state index is -1.28. The van der Waals surface area contributed by atoms with Gasteiger partial charge in [0.15, 0.2) is 11.7 Å². The number of methoxy groups -OCH3 is 2. The quantitative estimate of drug-likeness (QED) is 0.0382. The van der Waals surface area contributed by atoms with Crippen LogP contribution in [0, 0.1) is 36.0 Å². The van der Waals surface area contributed by atoms with Crippen LogP contribution in [0.1, 0.15) is 122 Å². The van der Waals surface area contributed by atoms with Crippen LogP contribution in [0.25, 0.3) is 10.8 Å². The molecule has 0 aliphatic heterocycles. The molecule has 0 N–H and O–H groups in total. The summed E-state index contributed by atoms with van der Waals surface area (Å²) in [5, 5.41) is 1.97. The second kappa shape index (κ2) is 27.3. The maximum absolute atomic E-state index is 13.3. The predicted octanol–water partition coefficient (Wildman–Crippen LogP) is 10.7.